The monoisotopic (exact) mass is 403 g/mol. The van der Waals surface area contributed by atoms with Crippen molar-refractivity contribution >= 4 is 11.1 Å². The summed E-state index contributed by atoms with van der Waals surface area (Å²) in [4.78, 5) is 1.85. The summed E-state index contributed by atoms with van der Waals surface area (Å²) in [5, 5.41) is 0. The van der Waals surface area contributed by atoms with Crippen LogP contribution in [0.3, 0.4) is 0 Å². The van der Waals surface area contributed by atoms with Crippen molar-refractivity contribution in [1.82, 2.24) is 4.90 Å². The standard InChI is InChI=1S/C27H30FNO/c1-4-26(21-11-7-5-8-12-21)27(22-13-9-6-10-14-22)23-15-17-25(18-16-23)30-20-24(19-28)29(2)3/h5-18,24H,4,19-20H2,1-3H3/b27-26-. The third-order valence-electron chi connectivity index (χ3n) is 5.33. The number of allylic oxidation sites excluding steroid dienone is 1. The van der Waals surface area contributed by atoms with E-state index in [2.05, 4.69) is 67.6 Å². The van der Waals surface area contributed by atoms with Gasteiger partial charge in [0.05, 0.1) is 6.04 Å². The molecule has 0 saturated heterocycles. The Labute approximate surface area is 179 Å². The molecule has 0 aliphatic carbocycles. The zero-order valence-electron chi connectivity index (χ0n) is 18.0. The van der Waals surface area contributed by atoms with Crippen LogP contribution in [0.25, 0.3) is 11.1 Å². The molecular weight excluding hydrogens is 373 g/mol. The summed E-state index contributed by atoms with van der Waals surface area (Å²) < 4.78 is 19.0. The Hall–Kier alpha value is -2.91. The number of hydrogen-bond donors (Lipinski definition) is 0. The molecule has 0 bridgehead atoms. The van der Waals surface area contributed by atoms with E-state index in [-0.39, 0.29) is 6.04 Å². The SMILES string of the molecule is CC/C(=C(\c1ccccc1)c1ccc(OCC(CF)N(C)C)cc1)c1ccccc1. The number of rotatable bonds is 9. The summed E-state index contributed by atoms with van der Waals surface area (Å²) in [6.07, 6.45) is 0.924. The molecule has 0 saturated carbocycles. The Morgan fingerprint density at radius 2 is 1.33 bits per heavy atom. The molecule has 0 aliphatic rings. The quantitative estimate of drug-likeness (QED) is 0.387. The number of alkyl halides is 1. The third kappa shape index (κ3) is 5.37. The molecule has 30 heavy (non-hydrogen) atoms. The van der Waals surface area contributed by atoms with E-state index in [1.807, 2.05) is 43.3 Å². The van der Waals surface area contributed by atoms with Gasteiger partial charge in [-0.2, -0.15) is 0 Å². The van der Waals surface area contributed by atoms with Gasteiger partial charge in [0.1, 0.15) is 19.0 Å². The molecule has 0 fully saturated rings. The van der Waals surface area contributed by atoms with Gasteiger partial charge in [-0.3, -0.25) is 0 Å². The molecule has 3 aromatic carbocycles. The van der Waals surface area contributed by atoms with Crippen LogP contribution >= 0.6 is 0 Å². The highest BCUT2D eigenvalue weighted by molar-refractivity contribution is 5.98. The fourth-order valence-corrected chi connectivity index (χ4v) is 3.53. The van der Waals surface area contributed by atoms with E-state index >= 15 is 0 Å². The van der Waals surface area contributed by atoms with Crippen molar-refractivity contribution in [3.05, 3.63) is 102 Å². The highest BCUT2D eigenvalue weighted by atomic mass is 19.1. The molecule has 0 spiro atoms. The largest absolute Gasteiger partial charge is 0.492 e. The predicted molar refractivity (Wildman–Crippen MR) is 124 cm³/mol. The van der Waals surface area contributed by atoms with Gasteiger partial charge in [-0.05, 0) is 60.5 Å². The maximum Gasteiger partial charge on any atom is 0.119 e. The molecule has 0 heterocycles. The van der Waals surface area contributed by atoms with Gasteiger partial charge in [0.15, 0.2) is 0 Å². The Bertz CT molecular complexity index is 934. The zero-order valence-corrected chi connectivity index (χ0v) is 18.0. The second kappa shape index (κ2) is 10.7. The van der Waals surface area contributed by atoms with Gasteiger partial charge in [0.2, 0.25) is 0 Å². The Balaban J connectivity index is 1.96. The number of halogens is 1. The number of ether oxygens (including phenoxy) is 1. The van der Waals surface area contributed by atoms with E-state index in [0.29, 0.717) is 6.61 Å². The van der Waals surface area contributed by atoms with Crippen molar-refractivity contribution in [3.63, 3.8) is 0 Å². The van der Waals surface area contributed by atoms with Gasteiger partial charge in [-0.25, -0.2) is 4.39 Å². The molecule has 1 atom stereocenters. The van der Waals surface area contributed by atoms with Crippen LogP contribution in [0.2, 0.25) is 0 Å². The van der Waals surface area contributed by atoms with Crippen molar-refractivity contribution in [2.45, 2.75) is 19.4 Å². The van der Waals surface area contributed by atoms with Crippen LogP contribution in [0.4, 0.5) is 4.39 Å². The summed E-state index contributed by atoms with van der Waals surface area (Å²) >= 11 is 0. The van der Waals surface area contributed by atoms with E-state index in [1.54, 1.807) is 0 Å². The number of nitrogens with zero attached hydrogens (tertiary/aromatic N) is 1. The van der Waals surface area contributed by atoms with E-state index in [1.165, 1.54) is 22.3 Å². The van der Waals surface area contributed by atoms with Crippen molar-refractivity contribution in [1.29, 1.82) is 0 Å². The molecule has 3 rings (SSSR count). The molecule has 0 aliphatic heterocycles. The van der Waals surface area contributed by atoms with Gasteiger partial charge in [0.25, 0.3) is 0 Å². The minimum Gasteiger partial charge on any atom is -0.492 e. The maximum absolute atomic E-state index is 13.1. The highest BCUT2D eigenvalue weighted by Crippen LogP contribution is 2.34. The van der Waals surface area contributed by atoms with Crippen LogP contribution in [0.5, 0.6) is 5.75 Å². The highest BCUT2D eigenvalue weighted by Gasteiger charge is 2.14. The van der Waals surface area contributed by atoms with Crippen molar-refractivity contribution in [3.8, 4) is 5.75 Å². The van der Waals surface area contributed by atoms with Crippen LogP contribution in [-0.4, -0.2) is 38.3 Å². The lowest BCUT2D eigenvalue weighted by Gasteiger charge is -2.21. The molecule has 0 amide bonds. The van der Waals surface area contributed by atoms with Crippen molar-refractivity contribution in [2.75, 3.05) is 27.4 Å². The predicted octanol–water partition coefficient (Wildman–Crippen LogP) is 6.33. The van der Waals surface area contributed by atoms with E-state index < -0.39 is 6.67 Å². The van der Waals surface area contributed by atoms with E-state index in [4.69, 9.17) is 4.74 Å². The molecular formula is C27H30FNO. The van der Waals surface area contributed by atoms with Crippen molar-refractivity contribution < 1.29 is 9.13 Å². The second-order valence-electron chi connectivity index (χ2n) is 7.55. The lowest BCUT2D eigenvalue weighted by Crippen LogP contribution is -2.35. The van der Waals surface area contributed by atoms with Crippen LogP contribution in [0.1, 0.15) is 30.0 Å². The first-order chi connectivity index (χ1) is 14.6. The fraction of sp³-hybridized carbons (Fsp3) is 0.259. The number of benzene rings is 3. The molecule has 0 radical (unpaired) electrons. The Kier molecular flexibility index (Phi) is 7.81. The molecule has 3 heteroatoms. The third-order valence-corrected chi connectivity index (χ3v) is 5.33. The summed E-state index contributed by atoms with van der Waals surface area (Å²) in [5.74, 6) is 0.754. The minimum atomic E-state index is -0.428. The first-order valence-electron chi connectivity index (χ1n) is 10.4. The zero-order chi connectivity index (χ0) is 21.3. The average molecular weight is 404 g/mol. The second-order valence-corrected chi connectivity index (χ2v) is 7.55. The van der Waals surface area contributed by atoms with Gasteiger partial charge in [-0.1, -0.05) is 79.7 Å². The smallest absolute Gasteiger partial charge is 0.119 e. The number of likely N-dealkylation sites (N-methyl/N-ethyl adjacent to an activating group) is 1. The van der Waals surface area contributed by atoms with Crippen LogP contribution < -0.4 is 4.74 Å². The number of hydrogen-bond acceptors (Lipinski definition) is 2. The molecule has 3 aromatic rings. The summed E-state index contributed by atoms with van der Waals surface area (Å²) in [5.41, 5.74) is 6.10. The summed E-state index contributed by atoms with van der Waals surface area (Å²) in [7, 11) is 3.73. The molecule has 0 aromatic heterocycles. The Morgan fingerprint density at radius 1 is 0.800 bits per heavy atom. The van der Waals surface area contributed by atoms with Gasteiger partial charge in [-0.15, -0.1) is 0 Å². The minimum absolute atomic E-state index is 0.241. The fourth-order valence-electron chi connectivity index (χ4n) is 3.53. The van der Waals surface area contributed by atoms with Crippen LogP contribution in [0.15, 0.2) is 84.9 Å². The van der Waals surface area contributed by atoms with Crippen molar-refractivity contribution in [2.24, 2.45) is 0 Å². The topological polar surface area (TPSA) is 12.5 Å². The van der Waals surface area contributed by atoms with Gasteiger partial charge >= 0.3 is 0 Å². The van der Waals surface area contributed by atoms with E-state index in [9.17, 15) is 4.39 Å². The molecule has 0 N–H and O–H groups in total. The summed E-state index contributed by atoms with van der Waals surface area (Å²) in [6.45, 7) is 2.10. The normalized spacial score (nSPS) is 13.1. The van der Waals surface area contributed by atoms with E-state index in [0.717, 1.165) is 17.7 Å². The maximum atomic E-state index is 13.1. The van der Waals surface area contributed by atoms with Crippen LogP contribution in [0, 0.1) is 0 Å². The summed E-state index contributed by atoms with van der Waals surface area (Å²) in [6, 6.07) is 28.9. The molecule has 2 nitrogen and oxygen atoms in total. The van der Waals surface area contributed by atoms with Gasteiger partial charge in [0, 0.05) is 0 Å². The van der Waals surface area contributed by atoms with Crippen LogP contribution in [-0.2, 0) is 0 Å². The van der Waals surface area contributed by atoms with Gasteiger partial charge < -0.3 is 9.64 Å². The first kappa shape index (κ1) is 21.8. The average Bonchev–Trinajstić information content (AvgIpc) is 2.79. The Morgan fingerprint density at radius 3 is 1.83 bits per heavy atom. The lowest BCUT2D eigenvalue weighted by molar-refractivity contribution is 0.157. The first-order valence-corrected chi connectivity index (χ1v) is 10.4. The molecule has 1 unspecified atom stereocenters. The lowest BCUT2D eigenvalue weighted by atomic mass is 9.88. The molecule has 156 valence electrons.